The van der Waals surface area contributed by atoms with Gasteiger partial charge in [0.05, 0.1) is 17.8 Å². The maximum atomic E-state index is 12.1. The molecule has 1 aromatic rings. The molecule has 2 fully saturated rings. The van der Waals surface area contributed by atoms with Crippen molar-refractivity contribution in [2.75, 3.05) is 0 Å². The predicted molar refractivity (Wildman–Crippen MR) is 75.3 cm³/mol. The third-order valence-electron chi connectivity index (χ3n) is 4.58. The molecule has 1 aliphatic carbocycles. The molecule has 22 heavy (non-hydrogen) atoms. The third-order valence-corrected chi connectivity index (χ3v) is 4.58. The van der Waals surface area contributed by atoms with Crippen LogP contribution in [0.1, 0.15) is 30.6 Å². The molecular weight excluding hydrogens is 284 g/mol. The molecule has 0 spiro atoms. The van der Waals surface area contributed by atoms with E-state index in [4.69, 9.17) is 14.2 Å². The normalized spacial score (nSPS) is 34.3. The van der Waals surface area contributed by atoms with Crippen LogP contribution in [0.3, 0.4) is 0 Å². The van der Waals surface area contributed by atoms with E-state index in [1.54, 1.807) is 6.92 Å². The molecule has 2 aliphatic heterocycles. The fourth-order valence-electron chi connectivity index (χ4n) is 3.36. The summed E-state index contributed by atoms with van der Waals surface area (Å²) < 4.78 is 16.1. The van der Waals surface area contributed by atoms with E-state index in [-0.39, 0.29) is 29.9 Å². The van der Waals surface area contributed by atoms with E-state index in [0.29, 0.717) is 12.0 Å². The lowest BCUT2D eigenvalue weighted by atomic mass is 9.98. The molecule has 0 radical (unpaired) electrons. The average molecular weight is 300 g/mol. The first-order chi connectivity index (χ1) is 10.6. The van der Waals surface area contributed by atoms with Crippen molar-refractivity contribution in [1.82, 2.24) is 0 Å². The number of rotatable bonds is 2. The Hall–Kier alpha value is -2.30. The van der Waals surface area contributed by atoms with Crippen molar-refractivity contribution in [3.8, 4) is 0 Å². The van der Waals surface area contributed by atoms with E-state index in [1.807, 2.05) is 18.2 Å². The van der Waals surface area contributed by atoms with Crippen LogP contribution in [-0.4, -0.2) is 18.2 Å². The summed E-state index contributed by atoms with van der Waals surface area (Å²) in [6.45, 7) is 1.80. The second kappa shape index (κ2) is 4.87. The van der Waals surface area contributed by atoms with Crippen molar-refractivity contribution in [3.63, 3.8) is 0 Å². The van der Waals surface area contributed by atoms with Gasteiger partial charge < -0.3 is 14.2 Å². The monoisotopic (exact) mass is 300 g/mol. The van der Waals surface area contributed by atoms with Crippen LogP contribution in [0, 0.1) is 11.8 Å². The minimum Gasteiger partial charge on any atom is -0.462 e. The lowest BCUT2D eigenvalue weighted by Crippen LogP contribution is -2.11. The SMILES string of the molecule is CC1C[C@@H](O/C=C2/C(=O)O[C@H]3c4ccccc4C[C@@H]23)OC1=O. The minimum atomic E-state index is -0.606. The first-order valence-corrected chi connectivity index (χ1v) is 7.48. The molecule has 3 aliphatic rings. The van der Waals surface area contributed by atoms with Crippen molar-refractivity contribution >= 4 is 11.9 Å². The lowest BCUT2D eigenvalue weighted by Gasteiger charge is -2.10. The van der Waals surface area contributed by atoms with E-state index in [1.165, 1.54) is 11.8 Å². The fraction of sp³-hybridized carbons (Fsp3) is 0.412. The number of esters is 2. The number of benzene rings is 1. The van der Waals surface area contributed by atoms with Gasteiger partial charge >= 0.3 is 11.9 Å². The standard InChI is InChI=1S/C17H16O5/c1-9-6-14(21-16(9)18)20-8-13-12-7-10-4-2-3-5-11(10)15(12)22-17(13)19/h2-5,8-9,12,14-15H,6-7H2,1H3/b13-8+/t9?,12-,14-,15-/m0/s1. The summed E-state index contributed by atoms with van der Waals surface area (Å²) in [6.07, 6.45) is 1.87. The highest BCUT2D eigenvalue weighted by Crippen LogP contribution is 2.47. The highest BCUT2D eigenvalue weighted by molar-refractivity contribution is 5.92. The first-order valence-electron chi connectivity index (χ1n) is 7.48. The van der Waals surface area contributed by atoms with Gasteiger partial charge in [0.15, 0.2) is 0 Å². The molecular formula is C17H16O5. The highest BCUT2D eigenvalue weighted by atomic mass is 16.7. The zero-order valence-electron chi connectivity index (χ0n) is 12.2. The van der Waals surface area contributed by atoms with Gasteiger partial charge in [-0.3, -0.25) is 4.79 Å². The highest BCUT2D eigenvalue weighted by Gasteiger charge is 2.46. The molecule has 5 nitrogen and oxygen atoms in total. The minimum absolute atomic E-state index is 0.0144. The summed E-state index contributed by atoms with van der Waals surface area (Å²) in [5.74, 6) is -0.785. The number of carbonyl (C=O) groups excluding carboxylic acids is 2. The largest absolute Gasteiger partial charge is 0.462 e. The molecule has 0 N–H and O–H groups in total. The molecule has 4 rings (SSSR count). The smallest absolute Gasteiger partial charge is 0.338 e. The molecule has 0 saturated carbocycles. The second-order valence-corrected chi connectivity index (χ2v) is 6.05. The molecule has 114 valence electrons. The van der Waals surface area contributed by atoms with Gasteiger partial charge in [-0.15, -0.1) is 0 Å². The van der Waals surface area contributed by atoms with E-state index in [0.717, 1.165) is 12.0 Å². The average Bonchev–Trinajstić information content (AvgIpc) is 3.10. The molecule has 1 aromatic carbocycles. The zero-order chi connectivity index (χ0) is 15.3. The van der Waals surface area contributed by atoms with Crippen molar-refractivity contribution in [2.24, 2.45) is 11.8 Å². The maximum absolute atomic E-state index is 12.1. The molecule has 0 bridgehead atoms. The molecule has 1 unspecified atom stereocenters. The molecule has 2 saturated heterocycles. The van der Waals surface area contributed by atoms with Gasteiger partial charge in [0, 0.05) is 12.3 Å². The van der Waals surface area contributed by atoms with Gasteiger partial charge in [-0.05, 0) is 17.5 Å². The van der Waals surface area contributed by atoms with E-state index in [9.17, 15) is 9.59 Å². The van der Waals surface area contributed by atoms with Crippen molar-refractivity contribution in [3.05, 3.63) is 47.2 Å². The van der Waals surface area contributed by atoms with Crippen molar-refractivity contribution in [1.29, 1.82) is 0 Å². The van der Waals surface area contributed by atoms with Gasteiger partial charge in [0.2, 0.25) is 6.29 Å². The van der Waals surface area contributed by atoms with Crippen molar-refractivity contribution < 1.29 is 23.8 Å². The number of hydrogen-bond donors (Lipinski definition) is 0. The number of hydrogen-bond acceptors (Lipinski definition) is 5. The topological polar surface area (TPSA) is 61.8 Å². The number of cyclic esters (lactones) is 1. The van der Waals surface area contributed by atoms with Gasteiger partial charge in [-0.2, -0.15) is 0 Å². The second-order valence-electron chi connectivity index (χ2n) is 6.05. The number of fused-ring (bicyclic) bond motifs is 3. The third kappa shape index (κ3) is 2.00. The Morgan fingerprint density at radius 1 is 1.23 bits per heavy atom. The molecule has 5 heteroatoms. The van der Waals surface area contributed by atoms with Crippen LogP contribution in [0.2, 0.25) is 0 Å². The van der Waals surface area contributed by atoms with Gasteiger partial charge in [-0.25, -0.2) is 4.79 Å². The van der Waals surface area contributed by atoms with Gasteiger partial charge in [0.1, 0.15) is 6.10 Å². The van der Waals surface area contributed by atoms with Crippen LogP contribution in [0.5, 0.6) is 0 Å². The van der Waals surface area contributed by atoms with Crippen LogP contribution >= 0.6 is 0 Å². The van der Waals surface area contributed by atoms with E-state index >= 15 is 0 Å². The summed E-state index contributed by atoms with van der Waals surface area (Å²) in [7, 11) is 0. The van der Waals surface area contributed by atoms with Crippen LogP contribution in [0.25, 0.3) is 0 Å². The number of carbonyl (C=O) groups is 2. The maximum Gasteiger partial charge on any atom is 0.338 e. The Balaban J connectivity index is 1.53. The Labute approximate surface area is 127 Å². The summed E-state index contributed by atoms with van der Waals surface area (Å²) in [5.41, 5.74) is 2.80. The zero-order valence-corrected chi connectivity index (χ0v) is 12.2. The first kappa shape index (κ1) is 13.4. The molecule has 4 atom stereocenters. The fourth-order valence-corrected chi connectivity index (χ4v) is 3.36. The number of ether oxygens (including phenoxy) is 3. The van der Waals surface area contributed by atoms with Crippen LogP contribution in [-0.2, 0) is 30.2 Å². The molecule has 2 heterocycles. The van der Waals surface area contributed by atoms with Crippen LogP contribution in [0.15, 0.2) is 36.1 Å². The van der Waals surface area contributed by atoms with E-state index in [2.05, 4.69) is 6.07 Å². The summed E-state index contributed by atoms with van der Waals surface area (Å²) in [5, 5.41) is 0. The molecule has 0 amide bonds. The quantitative estimate of drug-likeness (QED) is 0.476. The lowest BCUT2D eigenvalue weighted by molar-refractivity contribution is -0.156. The Morgan fingerprint density at radius 2 is 2.05 bits per heavy atom. The summed E-state index contributed by atoms with van der Waals surface area (Å²) in [4.78, 5) is 23.4. The molecule has 0 aromatic heterocycles. The van der Waals surface area contributed by atoms with Gasteiger partial charge in [0.25, 0.3) is 0 Å². The van der Waals surface area contributed by atoms with Gasteiger partial charge in [-0.1, -0.05) is 31.2 Å². The summed E-state index contributed by atoms with van der Waals surface area (Å²) >= 11 is 0. The van der Waals surface area contributed by atoms with Crippen molar-refractivity contribution in [2.45, 2.75) is 32.2 Å². The Morgan fingerprint density at radius 3 is 2.82 bits per heavy atom. The predicted octanol–water partition coefficient (Wildman–Crippen LogP) is 2.27. The van der Waals surface area contributed by atoms with E-state index < -0.39 is 6.29 Å². The van der Waals surface area contributed by atoms with Crippen LogP contribution in [0.4, 0.5) is 0 Å². The van der Waals surface area contributed by atoms with Crippen LogP contribution < -0.4 is 0 Å². The Bertz CT molecular complexity index is 677. The summed E-state index contributed by atoms with van der Waals surface area (Å²) in [6, 6.07) is 7.99. The Kier molecular flexibility index (Phi) is 2.96.